The van der Waals surface area contributed by atoms with E-state index in [9.17, 15) is 14.4 Å². The molecule has 1 fully saturated rings. The largest absolute Gasteiger partial charge is 0.387 e. The second-order valence-electron chi connectivity index (χ2n) is 4.43. The summed E-state index contributed by atoms with van der Waals surface area (Å²) < 4.78 is 0. The Morgan fingerprint density at radius 1 is 1.26 bits per heavy atom. The molecule has 0 unspecified atom stereocenters. The minimum Gasteiger partial charge on any atom is -0.387 e. The van der Waals surface area contributed by atoms with Gasteiger partial charge in [0.05, 0.1) is 5.56 Å². The minimum absolute atomic E-state index is 0.0956. The number of rotatable bonds is 2. The van der Waals surface area contributed by atoms with Crippen molar-refractivity contribution in [3.8, 4) is 0 Å². The van der Waals surface area contributed by atoms with E-state index in [0.29, 0.717) is 11.3 Å². The van der Waals surface area contributed by atoms with Gasteiger partial charge in [0.25, 0.3) is 5.91 Å². The molecular formula is C13H15N3O3. The van der Waals surface area contributed by atoms with Crippen LogP contribution >= 0.6 is 0 Å². The zero-order valence-electron chi connectivity index (χ0n) is 10.8. The number of carbonyl (C=O) groups excluding carboxylic acids is 3. The number of nitrogens with zero attached hydrogens (tertiary/aromatic N) is 1. The first-order valence-electron chi connectivity index (χ1n) is 5.91. The maximum Gasteiger partial charge on any atom is 0.256 e. The number of hydrogen-bond acceptors (Lipinski definition) is 4. The van der Waals surface area contributed by atoms with E-state index in [2.05, 4.69) is 10.6 Å². The fourth-order valence-electron chi connectivity index (χ4n) is 2.00. The molecule has 1 aromatic carbocycles. The molecule has 1 saturated heterocycles. The molecule has 1 aliphatic rings. The van der Waals surface area contributed by atoms with Crippen molar-refractivity contribution in [2.45, 2.75) is 6.92 Å². The molecule has 0 aromatic heterocycles. The highest BCUT2D eigenvalue weighted by Gasteiger charge is 2.28. The molecule has 0 bridgehead atoms. The van der Waals surface area contributed by atoms with Crippen LogP contribution in [0.1, 0.15) is 15.9 Å². The van der Waals surface area contributed by atoms with Crippen molar-refractivity contribution < 1.29 is 14.4 Å². The summed E-state index contributed by atoms with van der Waals surface area (Å²) in [6.45, 7) is 1.69. The van der Waals surface area contributed by atoms with E-state index in [0.717, 1.165) is 5.56 Å². The van der Waals surface area contributed by atoms with Crippen LogP contribution in [0.25, 0.3) is 0 Å². The summed E-state index contributed by atoms with van der Waals surface area (Å²) in [6, 6.07) is 5.43. The van der Waals surface area contributed by atoms with Gasteiger partial charge in [0.15, 0.2) is 0 Å². The average molecular weight is 261 g/mol. The predicted molar refractivity (Wildman–Crippen MR) is 69.8 cm³/mol. The van der Waals surface area contributed by atoms with E-state index < -0.39 is 11.8 Å². The molecule has 1 heterocycles. The van der Waals surface area contributed by atoms with Gasteiger partial charge in [-0.05, 0) is 19.1 Å². The van der Waals surface area contributed by atoms with Crippen molar-refractivity contribution in [3.63, 3.8) is 0 Å². The lowest BCUT2D eigenvalue weighted by atomic mass is 10.1. The summed E-state index contributed by atoms with van der Waals surface area (Å²) in [6.07, 6.45) is 0. The number of aryl methyl sites for hydroxylation is 1. The number of imide groups is 1. The van der Waals surface area contributed by atoms with Gasteiger partial charge in [-0.2, -0.15) is 0 Å². The van der Waals surface area contributed by atoms with Crippen molar-refractivity contribution in [2.24, 2.45) is 0 Å². The SMILES string of the molecule is CNc1ccc(C)cc1C(=O)N1CC(=O)NC(=O)C1. The standard InChI is InChI=1S/C13H15N3O3/c1-8-3-4-10(14-2)9(5-8)13(19)16-6-11(17)15-12(18)7-16/h3-5,14H,6-7H2,1-2H3,(H,15,17,18). The Bertz CT molecular complexity index is 538. The van der Waals surface area contributed by atoms with Crippen molar-refractivity contribution >= 4 is 23.4 Å². The second-order valence-corrected chi connectivity index (χ2v) is 4.43. The Morgan fingerprint density at radius 3 is 2.47 bits per heavy atom. The molecule has 2 rings (SSSR count). The van der Waals surface area contributed by atoms with Crippen LogP contribution in [0, 0.1) is 6.92 Å². The molecule has 0 saturated carbocycles. The Morgan fingerprint density at radius 2 is 1.89 bits per heavy atom. The van der Waals surface area contributed by atoms with Gasteiger partial charge in [-0.15, -0.1) is 0 Å². The Kier molecular flexibility index (Phi) is 3.50. The minimum atomic E-state index is -0.455. The molecule has 6 nitrogen and oxygen atoms in total. The summed E-state index contributed by atoms with van der Waals surface area (Å²) >= 11 is 0. The van der Waals surface area contributed by atoms with E-state index in [1.54, 1.807) is 19.2 Å². The highest BCUT2D eigenvalue weighted by Crippen LogP contribution is 2.19. The van der Waals surface area contributed by atoms with Gasteiger partial charge in [-0.25, -0.2) is 0 Å². The fraction of sp³-hybridized carbons (Fsp3) is 0.308. The third kappa shape index (κ3) is 2.73. The normalized spacial score (nSPS) is 15.2. The van der Waals surface area contributed by atoms with Gasteiger partial charge >= 0.3 is 0 Å². The van der Waals surface area contributed by atoms with E-state index in [-0.39, 0.29) is 19.0 Å². The Balaban J connectivity index is 2.31. The molecule has 0 spiro atoms. The molecule has 3 amide bonds. The van der Waals surface area contributed by atoms with Gasteiger partial charge in [-0.1, -0.05) is 11.6 Å². The van der Waals surface area contributed by atoms with Gasteiger partial charge in [-0.3, -0.25) is 19.7 Å². The lowest BCUT2D eigenvalue weighted by Crippen LogP contribution is -2.53. The first kappa shape index (κ1) is 13.1. The van der Waals surface area contributed by atoms with E-state index >= 15 is 0 Å². The summed E-state index contributed by atoms with van der Waals surface area (Å²) in [5, 5.41) is 5.10. The van der Waals surface area contributed by atoms with E-state index in [1.165, 1.54) is 4.90 Å². The summed E-state index contributed by atoms with van der Waals surface area (Å²) in [5.41, 5.74) is 2.08. The number of nitrogens with one attached hydrogen (secondary N) is 2. The molecule has 1 aliphatic heterocycles. The van der Waals surface area contributed by atoms with Crippen LogP contribution in [0.4, 0.5) is 5.69 Å². The number of hydrogen-bond donors (Lipinski definition) is 2. The zero-order chi connectivity index (χ0) is 14.0. The van der Waals surface area contributed by atoms with Crippen LogP contribution < -0.4 is 10.6 Å². The van der Waals surface area contributed by atoms with Gasteiger partial charge in [0, 0.05) is 12.7 Å². The van der Waals surface area contributed by atoms with Crippen molar-refractivity contribution in [1.82, 2.24) is 10.2 Å². The number of amides is 3. The smallest absolute Gasteiger partial charge is 0.256 e. The molecular weight excluding hydrogens is 246 g/mol. The predicted octanol–water partition coefficient (Wildman–Crippen LogP) is 0.135. The highest BCUT2D eigenvalue weighted by atomic mass is 16.2. The van der Waals surface area contributed by atoms with Crippen LogP contribution in [-0.2, 0) is 9.59 Å². The van der Waals surface area contributed by atoms with Crippen LogP contribution in [0.3, 0.4) is 0 Å². The lowest BCUT2D eigenvalue weighted by molar-refractivity contribution is -0.135. The third-order valence-corrected chi connectivity index (χ3v) is 2.91. The number of anilines is 1. The monoisotopic (exact) mass is 261 g/mol. The number of carbonyl (C=O) groups is 3. The summed E-state index contributed by atoms with van der Waals surface area (Å²) in [7, 11) is 1.72. The first-order valence-corrected chi connectivity index (χ1v) is 5.91. The molecule has 1 aromatic rings. The molecule has 2 N–H and O–H groups in total. The van der Waals surface area contributed by atoms with Gasteiger partial charge < -0.3 is 10.2 Å². The highest BCUT2D eigenvalue weighted by molar-refractivity contribution is 6.07. The lowest BCUT2D eigenvalue weighted by Gasteiger charge is -2.26. The summed E-state index contributed by atoms with van der Waals surface area (Å²) in [4.78, 5) is 36.2. The number of piperazine rings is 1. The molecule has 0 radical (unpaired) electrons. The number of benzene rings is 1. The topological polar surface area (TPSA) is 78.5 Å². The van der Waals surface area contributed by atoms with Crippen molar-refractivity contribution in [2.75, 3.05) is 25.5 Å². The van der Waals surface area contributed by atoms with Crippen LogP contribution in [-0.4, -0.2) is 42.8 Å². The fourth-order valence-corrected chi connectivity index (χ4v) is 2.00. The average Bonchev–Trinajstić information content (AvgIpc) is 2.36. The van der Waals surface area contributed by atoms with Gasteiger partial charge in [0.1, 0.15) is 13.1 Å². The van der Waals surface area contributed by atoms with Crippen LogP contribution in [0.15, 0.2) is 18.2 Å². The molecule has 100 valence electrons. The molecule has 0 aliphatic carbocycles. The second kappa shape index (κ2) is 5.09. The van der Waals surface area contributed by atoms with Crippen molar-refractivity contribution in [3.05, 3.63) is 29.3 Å². The van der Waals surface area contributed by atoms with Crippen molar-refractivity contribution in [1.29, 1.82) is 0 Å². The quantitative estimate of drug-likeness (QED) is 0.742. The van der Waals surface area contributed by atoms with Gasteiger partial charge in [0.2, 0.25) is 11.8 Å². The Labute approximate surface area is 110 Å². The van der Waals surface area contributed by atoms with E-state index in [1.807, 2.05) is 13.0 Å². The van der Waals surface area contributed by atoms with Crippen LogP contribution in [0.5, 0.6) is 0 Å². The third-order valence-electron chi connectivity index (χ3n) is 2.91. The molecule has 19 heavy (non-hydrogen) atoms. The maximum absolute atomic E-state index is 12.4. The maximum atomic E-state index is 12.4. The van der Waals surface area contributed by atoms with E-state index in [4.69, 9.17) is 0 Å². The van der Waals surface area contributed by atoms with Crippen LogP contribution in [0.2, 0.25) is 0 Å². The summed E-state index contributed by atoms with van der Waals surface area (Å²) in [5.74, 6) is -1.23. The zero-order valence-corrected chi connectivity index (χ0v) is 10.8. The first-order chi connectivity index (χ1) is 9.01. The molecule has 6 heteroatoms. The molecule has 0 atom stereocenters. The Hall–Kier alpha value is -2.37.